The van der Waals surface area contributed by atoms with Crippen LogP contribution < -0.4 is 0 Å². The van der Waals surface area contributed by atoms with Gasteiger partial charge in [-0.05, 0) is 6.92 Å². The molecule has 0 fully saturated rings. The highest BCUT2D eigenvalue weighted by Gasteiger charge is 2.15. The predicted molar refractivity (Wildman–Crippen MR) is 59.7 cm³/mol. The molecule has 4 heteroatoms. The summed E-state index contributed by atoms with van der Waals surface area (Å²) in [6.07, 6.45) is 0. The summed E-state index contributed by atoms with van der Waals surface area (Å²) in [5.41, 5.74) is 1.38. The van der Waals surface area contributed by atoms with Gasteiger partial charge in [0, 0.05) is 10.8 Å². The molecular weight excluding hydrogens is 202 g/mol. The Morgan fingerprint density at radius 1 is 1.31 bits per heavy atom. The molecule has 1 atom stereocenters. The van der Waals surface area contributed by atoms with Crippen molar-refractivity contribution in [1.29, 1.82) is 5.26 Å². The summed E-state index contributed by atoms with van der Waals surface area (Å²) in [7, 11) is 0. The second-order valence-corrected chi connectivity index (χ2v) is 3.58. The van der Waals surface area contributed by atoms with E-state index in [2.05, 4.69) is 10.2 Å². The Kier molecular flexibility index (Phi) is 2.80. The van der Waals surface area contributed by atoms with Crippen molar-refractivity contribution in [3.05, 3.63) is 35.7 Å². The van der Waals surface area contributed by atoms with Gasteiger partial charge in [-0.2, -0.15) is 15.5 Å². The highest BCUT2D eigenvalue weighted by molar-refractivity contribution is 5.86. The quantitative estimate of drug-likeness (QED) is 0.821. The van der Waals surface area contributed by atoms with Gasteiger partial charge in [-0.25, -0.2) is 0 Å². The highest BCUT2D eigenvalue weighted by Crippen LogP contribution is 2.23. The van der Waals surface area contributed by atoms with Gasteiger partial charge in [-0.15, -0.1) is 0 Å². The van der Waals surface area contributed by atoms with Gasteiger partial charge >= 0.3 is 0 Å². The minimum atomic E-state index is -0.613. The molecule has 2 rings (SSSR count). The molecule has 16 heavy (non-hydrogen) atoms. The average molecular weight is 213 g/mol. The fourth-order valence-electron chi connectivity index (χ4n) is 1.70. The Bertz CT molecular complexity index is 560. The summed E-state index contributed by atoms with van der Waals surface area (Å²) in [6, 6.07) is 9.67. The maximum atomic E-state index is 9.12. The van der Waals surface area contributed by atoms with Gasteiger partial charge in [0.15, 0.2) is 0 Å². The lowest BCUT2D eigenvalue weighted by molar-refractivity contribution is 0.284. The maximum Gasteiger partial charge on any atom is 0.114 e. The van der Waals surface area contributed by atoms with Crippen molar-refractivity contribution in [3.63, 3.8) is 0 Å². The van der Waals surface area contributed by atoms with E-state index in [-0.39, 0.29) is 6.61 Å². The van der Waals surface area contributed by atoms with E-state index < -0.39 is 5.92 Å². The first-order chi connectivity index (χ1) is 7.77. The van der Waals surface area contributed by atoms with Crippen molar-refractivity contribution in [2.45, 2.75) is 12.8 Å². The summed E-state index contributed by atoms with van der Waals surface area (Å²) < 4.78 is 0. The molecule has 4 nitrogen and oxygen atoms in total. The Morgan fingerprint density at radius 3 is 2.62 bits per heavy atom. The van der Waals surface area contributed by atoms with Crippen molar-refractivity contribution in [2.24, 2.45) is 0 Å². The molecule has 0 bridgehead atoms. The van der Waals surface area contributed by atoms with Gasteiger partial charge in [0.05, 0.1) is 24.1 Å². The lowest BCUT2D eigenvalue weighted by Crippen LogP contribution is -2.07. The standard InChI is InChI=1S/C12H11N3O/c1-8-10-4-2-3-5-11(10)12(15-14-8)9(6-13)7-16/h2-5,9,16H,7H2,1H3. The average Bonchev–Trinajstić information content (AvgIpc) is 2.34. The molecule has 1 aromatic carbocycles. The van der Waals surface area contributed by atoms with Crippen LogP contribution in [0.1, 0.15) is 17.3 Å². The number of nitrogens with zero attached hydrogens (tertiary/aromatic N) is 3. The molecule has 1 heterocycles. The Morgan fingerprint density at radius 2 is 2.00 bits per heavy atom. The molecule has 80 valence electrons. The Labute approximate surface area is 93.2 Å². The second-order valence-electron chi connectivity index (χ2n) is 3.58. The lowest BCUT2D eigenvalue weighted by atomic mass is 10.0. The van der Waals surface area contributed by atoms with Gasteiger partial charge < -0.3 is 5.11 Å². The van der Waals surface area contributed by atoms with Crippen LogP contribution in [-0.2, 0) is 0 Å². The number of nitriles is 1. The molecule has 0 aliphatic heterocycles. The minimum absolute atomic E-state index is 0.238. The molecule has 0 aliphatic rings. The van der Waals surface area contributed by atoms with Gasteiger partial charge in [0.1, 0.15) is 5.92 Å². The van der Waals surface area contributed by atoms with E-state index in [1.165, 1.54) is 0 Å². The number of hydrogen-bond donors (Lipinski definition) is 1. The van der Waals surface area contributed by atoms with Crippen molar-refractivity contribution in [3.8, 4) is 6.07 Å². The number of fused-ring (bicyclic) bond motifs is 1. The van der Waals surface area contributed by atoms with E-state index >= 15 is 0 Å². The summed E-state index contributed by atoms with van der Waals surface area (Å²) in [4.78, 5) is 0. The Balaban J connectivity index is 2.73. The zero-order chi connectivity index (χ0) is 11.5. The molecule has 0 saturated carbocycles. The molecule has 2 aromatic rings. The van der Waals surface area contributed by atoms with Crippen LogP contribution in [0.15, 0.2) is 24.3 Å². The van der Waals surface area contributed by atoms with Gasteiger partial charge in [-0.1, -0.05) is 24.3 Å². The number of aliphatic hydroxyl groups is 1. The summed E-state index contributed by atoms with van der Waals surface area (Å²) in [5.74, 6) is -0.613. The minimum Gasteiger partial charge on any atom is -0.395 e. The van der Waals surface area contributed by atoms with E-state index in [0.717, 1.165) is 16.5 Å². The molecule has 1 aromatic heterocycles. The molecule has 0 spiro atoms. The predicted octanol–water partition coefficient (Wildman–Crippen LogP) is 1.54. The third kappa shape index (κ3) is 1.62. The number of benzene rings is 1. The fraction of sp³-hybridized carbons (Fsp3) is 0.250. The smallest absolute Gasteiger partial charge is 0.114 e. The SMILES string of the molecule is Cc1nnc(C(C#N)CO)c2ccccc12. The highest BCUT2D eigenvalue weighted by atomic mass is 16.3. The first-order valence-electron chi connectivity index (χ1n) is 5.00. The van der Waals surface area contributed by atoms with Crippen LogP contribution in [0.25, 0.3) is 10.8 Å². The molecule has 1 unspecified atom stereocenters. The summed E-state index contributed by atoms with van der Waals surface area (Å²) in [6.45, 7) is 1.64. The molecule has 0 saturated heterocycles. The van der Waals surface area contributed by atoms with Crippen molar-refractivity contribution < 1.29 is 5.11 Å². The van der Waals surface area contributed by atoms with Crippen LogP contribution in [0.5, 0.6) is 0 Å². The lowest BCUT2D eigenvalue weighted by Gasteiger charge is -2.09. The monoisotopic (exact) mass is 213 g/mol. The third-order valence-corrected chi connectivity index (χ3v) is 2.57. The van der Waals surface area contributed by atoms with Crippen LogP contribution >= 0.6 is 0 Å². The molecule has 0 amide bonds. The van der Waals surface area contributed by atoms with E-state index in [0.29, 0.717) is 5.69 Å². The number of aryl methyl sites for hydroxylation is 1. The second kappa shape index (κ2) is 4.25. The van der Waals surface area contributed by atoms with E-state index in [4.69, 9.17) is 10.4 Å². The largest absolute Gasteiger partial charge is 0.395 e. The number of aromatic nitrogens is 2. The fourth-order valence-corrected chi connectivity index (χ4v) is 1.70. The molecular formula is C12H11N3O. The van der Waals surface area contributed by atoms with Gasteiger partial charge in [0.25, 0.3) is 0 Å². The number of hydrogen-bond acceptors (Lipinski definition) is 4. The van der Waals surface area contributed by atoms with Crippen LogP contribution in [0, 0.1) is 18.3 Å². The maximum absolute atomic E-state index is 9.12. The van der Waals surface area contributed by atoms with E-state index in [1.807, 2.05) is 37.3 Å². The van der Waals surface area contributed by atoms with Crippen molar-refractivity contribution >= 4 is 10.8 Å². The third-order valence-electron chi connectivity index (χ3n) is 2.57. The zero-order valence-electron chi connectivity index (χ0n) is 8.88. The normalized spacial score (nSPS) is 12.3. The molecule has 0 aliphatic carbocycles. The van der Waals surface area contributed by atoms with Crippen LogP contribution in [0.4, 0.5) is 0 Å². The van der Waals surface area contributed by atoms with E-state index in [9.17, 15) is 0 Å². The van der Waals surface area contributed by atoms with Crippen LogP contribution in [0.3, 0.4) is 0 Å². The van der Waals surface area contributed by atoms with Gasteiger partial charge in [0.2, 0.25) is 0 Å². The van der Waals surface area contributed by atoms with Gasteiger partial charge in [-0.3, -0.25) is 0 Å². The molecule has 1 N–H and O–H groups in total. The van der Waals surface area contributed by atoms with Crippen molar-refractivity contribution in [1.82, 2.24) is 10.2 Å². The van der Waals surface area contributed by atoms with Crippen LogP contribution in [0.2, 0.25) is 0 Å². The van der Waals surface area contributed by atoms with E-state index in [1.54, 1.807) is 0 Å². The molecule has 0 radical (unpaired) electrons. The number of rotatable bonds is 2. The summed E-state index contributed by atoms with van der Waals surface area (Å²) in [5, 5.41) is 27.9. The topological polar surface area (TPSA) is 69.8 Å². The Hall–Kier alpha value is -1.99. The zero-order valence-corrected chi connectivity index (χ0v) is 8.88. The van der Waals surface area contributed by atoms with Crippen molar-refractivity contribution in [2.75, 3.05) is 6.61 Å². The first-order valence-corrected chi connectivity index (χ1v) is 5.00. The van der Waals surface area contributed by atoms with Crippen LogP contribution in [-0.4, -0.2) is 21.9 Å². The number of aliphatic hydroxyl groups excluding tert-OH is 1. The summed E-state index contributed by atoms with van der Waals surface area (Å²) >= 11 is 0. The first kappa shape index (κ1) is 10.5.